The van der Waals surface area contributed by atoms with Crippen molar-refractivity contribution in [3.05, 3.63) is 0 Å². The van der Waals surface area contributed by atoms with E-state index in [1.165, 1.54) is 24.3 Å². The number of nitrogens with zero attached hydrogens (tertiary/aromatic N) is 1. The Morgan fingerprint density at radius 2 is 2.13 bits per heavy atom. The molecule has 2 rings (SSSR count). The second-order valence-electron chi connectivity index (χ2n) is 4.84. The highest BCUT2D eigenvalue weighted by Crippen LogP contribution is 2.26. The van der Waals surface area contributed by atoms with Gasteiger partial charge in [0.2, 0.25) is 0 Å². The van der Waals surface area contributed by atoms with E-state index >= 15 is 0 Å². The third-order valence-electron chi connectivity index (χ3n) is 3.67. The molecule has 0 spiro atoms. The van der Waals surface area contributed by atoms with E-state index in [2.05, 4.69) is 11.8 Å². The smallest absolute Gasteiger partial charge is 0.149 e. The molecule has 2 aliphatic rings. The van der Waals surface area contributed by atoms with Crippen LogP contribution in [0, 0.1) is 5.92 Å². The van der Waals surface area contributed by atoms with E-state index < -0.39 is 0 Å². The van der Waals surface area contributed by atoms with E-state index in [1.54, 1.807) is 0 Å². The number of thioether (sulfide) groups is 1. The van der Waals surface area contributed by atoms with Crippen LogP contribution in [0.3, 0.4) is 0 Å². The third-order valence-corrected chi connectivity index (χ3v) is 4.86. The SMILES string of the molecule is CC1CSCCN1CC(=O)C1CCCC1. The van der Waals surface area contributed by atoms with Gasteiger partial charge in [0.1, 0.15) is 5.78 Å². The van der Waals surface area contributed by atoms with E-state index in [0.29, 0.717) is 24.3 Å². The molecular formula is C12H21NOS. The zero-order chi connectivity index (χ0) is 10.7. The Hall–Kier alpha value is -0.0200. The summed E-state index contributed by atoms with van der Waals surface area (Å²) < 4.78 is 0. The molecule has 1 unspecified atom stereocenters. The first kappa shape index (κ1) is 11.5. The molecule has 0 bridgehead atoms. The largest absolute Gasteiger partial charge is 0.298 e. The number of rotatable bonds is 3. The molecule has 1 saturated heterocycles. The maximum absolute atomic E-state index is 12.0. The van der Waals surface area contributed by atoms with Crippen molar-refractivity contribution in [3.63, 3.8) is 0 Å². The van der Waals surface area contributed by atoms with E-state index in [-0.39, 0.29) is 0 Å². The molecule has 0 aromatic carbocycles. The molecule has 1 saturated carbocycles. The molecule has 0 N–H and O–H groups in total. The van der Waals surface area contributed by atoms with E-state index in [4.69, 9.17) is 0 Å². The molecule has 0 aromatic heterocycles. The normalized spacial score (nSPS) is 29.5. The highest BCUT2D eigenvalue weighted by atomic mass is 32.2. The van der Waals surface area contributed by atoms with E-state index in [9.17, 15) is 4.79 Å². The summed E-state index contributed by atoms with van der Waals surface area (Å²) in [5.74, 6) is 3.29. The first-order chi connectivity index (χ1) is 7.27. The first-order valence-corrected chi connectivity index (χ1v) is 7.27. The number of carbonyl (C=O) groups excluding carboxylic acids is 1. The van der Waals surface area contributed by atoms with Gasteiger partial charge in [0.05, 0.1) is 6.54 Å². The lowest BCUT2D eigenvalue weighted by Crippen LogP contribution is -2.44. The maximum atomic E-state index is 12.0. The summed E-state index contributed by atoms with van der Waals surface area (Å²) in [6, 6.07) is 0.592. The van der Waals surface area contributed by atoms with E-state index in [0.717, 1.165) is 19.4 Å². The molecular weight excluding hydrogens is 206 g/mol. The Balaban J connectivity index is 1.81. The molecule has 2 fully saturated rings. The zero-order valence-electron chi connectivity index (χ0n) is 9.58. The summed E-state index contributed by atoms with van der Waals surface area (Å²) in [5.41, 5.74) is 0. The van der Waals surface area contributed by atoms with Crippen LogP contribution in [-0.2, 0) is 4.79 Å². The van der Waals surface area contributed by atoms with Gasteiger partial charge in [-0.25, -0.2) is 0 Å². The fraction of sp³-hybridized carbons (Fsp3) is 0.917. The van der Waals surface area contributed by atoms with Crippen LogP contribution in [0.15, 0.2) is 0 Å². The van der Waals surface area contributed by atoms with E-state index in [1.807, 2.05) is 11.8 Å². The van der Waals surface area contributed by atoms with Crippen LogP contribution in [0.1, 0.15) is 32.6 Å². The lowest BCUT2D eigenvalue weighted by molar-refractivity contribution is -0.124. The molecule has 0 aromatic rings. The Bertz CT molecular complexity index is 226. The second kappa shape index (κ2) is 5.35. The van der Waals surface area contributed by atoms with Crippen molar-refractivity contribution < 1.29 is 4.79 Å². The average Bonchev–Trinajstić information content (AvgIpc) is 2.74. The van der Waals surface area contributed by atoms with Crippen LogP contribution < -0.4 is 0 Å². The molecule has 0 amide bonds. The first-order valence-electron chi connectivity index (χ1n) is 6.12. The molecule has 3 heteroatoms. The Morgan fingerprint density at radius 3 is 2.80 bits per heavy atom. The molecule has 0 radical (unpaired) electrons. The molecule has 1 heterocycles. The standard InChI is InChI=1S/C12H21NOS/c1-10-9-15-7-6-13(10)8-12(14)11-4-2-3-5-11/h10-11H,2-9H2,1H3. The quantitative estimate of drug-likeness (QED) is 0.737. The topological polar surface area (TPSA) is 20.3 Å². The molecule has 2 nitrogen and oxygen atoms in total. The highest BCUT2D eigenvalue weighted by Gasteiger charge is 2.27. The molecule has 1 atom stereocenters. The van der Waals surface area contributed by atoms with Crippen molar-refractivity contribution in [1.29, 1.82) is 0 Å². The Labute approximate surface area is 96.8 Å². The van der Waals surface area contributed by atoms with Gasteiger partial charge in [0.25, 0.3) is 0 Å². The summed E-state index contributed by atoms with van der Waals surface area (Å²) >= 11 is 2.01. The lowest BCUT2D eigenvalue weighted by atomic mass is 10.0. The molecule has 15 heavy (non-hydrogen) atoms. The summed E-state index contributed by atoms with van der Waals surface area (Å²) in [6.45, 7) is 4.06. The van der Waals surface area contributed by atoms with Gasteiger partial charge in [0.15, 0.2) is 0 Å². The predicted molar refractivity (Wildman–Crippen MR) is 65.3 cm³/mol. The number of hydrogen-bond acceptors (Lipinski definition) is 3. The third kappa shape index (κ3) is 2.97. The molecule has 1 aliphatic heterocycles. The minimum Gasteiger partial charge on any atom is -0.298 e. The van der Waals surface area contributed by atoms with Crippen molar-refractivity contribution in [1.82, 2.24) is 4.90 Å². The minimum atomic E-state index is 0.395. The zero-order valence-corrected chi connectivity index (χ0v) is 10.4. The van der Waals surface area contributed by atoms with Gasteiger partial charge in [-0.05, 0) is 19.8 Å². The highest BCUT2D eigenvalue weighted by molar-refractivity contribution is 7.99. The van der Waals surface area contributed by atoms with Gasteiger partial charge >= 0.3 is 0 Å². The van der Waals surface area contributed by atoms with Gasteiger partial charge in [-0.3, -0.25) is 9.69 Å². The lowest BCUT2D eigenvalue weighted by Gasteiger charge is -2.32. The van der Waals surface area contributed by atoms with Crippen molar-refractivity contribution in [3.8, 4) is 0 Å². The van der Waals surface area contributed by atoms with Gasteiger partial charge in [0, 0.05) is 30.0 Å². The van der Waals surface area contributed by atoms with Gasteiger partial charge in [-0.15, -0.1) is 0 Å². The number of hydrogen-bond donors (Lipinski definition) is 0. The monoisotopic (exact) mass is 227 g/mol. The second-order valence-corrected chi connectivity index (χ2v) is 5.99. The fourth-order valence-electron chi connectivity index (χ4n) is 2.57. The van der Waals surface area contributed by atoms with Crippen molar-refractivity contribution in [2.75, 3.05) is 24.6 Å². The van der Waals surface area contributed by atoms with Gasteiger partial charge in [-0.1, -0.05) is 12.8 Å². The predicted octanol–water partition coefficient (Wildman–Crippen LogP) is 2.18. The van der Waals surface area contributed by atoms with Crippen LogP contribution >= 0.6 is 11.8 Å². The van der Waals surface area contributed by atoms with Gasteiger partial charge in [-0.2, -0.15) is 11.8 Å². The number of Topliss-reactive ketones (excluding diaryl/α,β-unsaturated/α-hetero) is 1. The summed E-state index contributed by atoms with van der Waals surface area (Å²) in [5, 5.41) is 0. The molecule has 86 valence electrons. The summed E-state index contributed by atoms with van der Waals surface area (Å²) in [6.07, 6.45) is 4.83. The Morgan fingerprint density at radius 1 is 1.40 bits per heavy atom. The van der Waals surface area contributed by atoms with Crippen molar-refractivity contribution >= 4 is 17.5 Å². The van der Waals surface area contributed by atoms with Crippen LogP contribution in [-0.4, -0.2) is 41.3 Å². The fourth-order valence-corrected chi connectivity index (χ4v) is 3.66. The van der Waals surface area contributed by atoms with Crippen molar-refractivity contribution in [2.24, 2.45) is 5.92 Å². The van der Waals surface area contributed by atoms with Crippen LogP contribution in [0.25, 0.3) is 0 Å². The van der Waals surface area contributed by atoms with Crippen molar-refractivity contribution in [2.45, 2.75) is 38.6 Å². The average molecular weight is 227 g/mol. The number of ketones is 1. The summed E-state index contributed by atoms with van der Waals surface area (Å²) in [7, 11) is 0. The van der Waals surface area contributed by atoms with Gasteiger partial charge < -0.3 is 0 Å². The van der Waals surface area contributed by atoms with Crippen LogP contribution in [0.2, 0.25) is 0 Å². The molecule has 1 aliphatic carbocycles. The van der Waals surface area contributed by atoms with Crippen LogP contribution in [0.5, 0.6) is 0 Å². The summed E-state index contributed by atoms with van der Waals surface area (Å²) in [4.78, 5) is 14.4. The maximum Gasteiger partial charge on any atom is 0.149 e. The Kier molecular flexibility index (Phi) is 4.09. The number of carbonyl (C=O) groups is 1. The minimum absolute atomic E-state index is 0.395. The van der Waals surface area contributed by atoms with Crippen LogP contribution in [0.4, 0.5) is 0 Å².